The number of hydrogen-bond acceptors (Lipinski definition) is 3. The lowest BCUT2D eigenvalue weighted by Gasteiger charge is -2.32. The fourth-order valence-electron chi connectivity index (χ4n) is 1.78. The monoisotopic (exact) mass is 258 g/mol. The van der Waals surface area contributed by atoms with Crippen molar-refractivity contribution in [1.29, 1.82) is 0 Å². The van der Waals surface area contributed by atoms with Crippen LogP contribution in [0.5, 0.6) is 11.5 Å². The van der Waals surface area contributed by atoms with Crippen LogP contribution < -0.4 is 9.47 Å². The molecular formula is C12H12F2O4. The number of aliphatic carboxylic acids is 1. The lowest BCUT2D eigenvalue weighted by Crippen LogP contribution is -2.38. The van der Waals surface area contributed by atoms with Crippen LogP contribution in [-0.4, -0.2) is 23.8 Å². The molecule has 1 aliphatic carbocycles. The molecule has 1 aromatic rings. The van der Waals surface area contributed by atoms with E-state index in [0.717, 1.165) is 0 Å². The largest absolute Gasteiger partial charge is 0.486 e. The SMILES string of the molecule is O=C(O)[C@H]1C[C@H](Oc2ccccc2OC(F)F)C1. The van der Waals surface area contributed by atoms with Crippen molar-refractivity contribution in [3.63, 3.8) is 0 Å². The number of para-hydroxylation sites is 2. The highest BCUT2D eigenvalue weighted by Gasteiger charge is 2.36. The molecule has 0 bridgehead atoms. The van der Waals surface area contributed by atoms with Gasteiger partial charge in [0, 0.05) is 0 Å². The first kappa shape index (κ1) is 12.6. The van der Waals surface area contributed by atoms with Gasteiger partial charge in [0.15, 0.2) is 11.5 Å². The molecule has 1 aliphatic rings. The van der Waals surface area contributed by atoms with Gasteiger partial charge >= 0.3 is 12.6 Å². The van der Waals surface area contributed by atoms with Crippen molar-refractivity contribution < 1.29 is 28.2 Å². The maximum Gasteiger partial charge on any atom is 0.387 e. The van der Waals surface area contributed by atoms with E-state index in [9.17, 15) is 13.6 Å². The maximum absolute atomic E-state index is 12.1. The second-order valence-electron chi connectivity index (χ2n) is 4.07. The Morgan fingerprint density at radius 2 is 1.89 bits per heavy atom. The topological polar surface area (TPSA) is 55.8 Å². The van der Waals surface area contributed by atoms with E-state index in [1.165, 1.54) is 12.1 Å². The van der Waals surface area contributed by atoms with Gasteiger partial charge in [-0.15, -0.1) is 0 Å². The summed E-state index contributed by atoms with van der Waals surface area (Å²) in [5, 5.41) is 8.71. The van der Waals surface area contributed by atoms with Crippen LogP contribution in [-0.2, 0) is 4.79 Å². The number of ether oxygens (including phenoxy) is 2. The second-order valence-corrected chi connectivity index (χ2v) is 4.07. The first-order valence-electron chi connectivity index (χ1n) is 5.49. The Kier molecular flexibility index (Phi) is 3.64. The third-order valence-corrected chi connectivity index (χ3v) is 2.80. The fraction of sp³-hybridized carbons (Fsp3) is 0.417. The lowest BCUT2D eigenvalue weighted by atomic mass is 9.82. The minimum Gasteiger partial charge on any atom is -0.486 e. The summed E-state index contributed by atoms with van der Waals surface area (Å²) < 4.78 is 34.0. The maximum atomic E-state index is 12.1. The van der Waals surface area contributed by atoms with Gasteiger partial charge in [0.1, 0.15) is 6.10 Å². The van der Waals surface area contributed by atoms with E-state index in [1.807, 2.05) is 0 Å². The zero-order chi connectivity index (χ0) is 13.1. The van der Waals surface area contributed by atoms with Crippen LogP contribution in [0.25, 0.3) is 0 Å². The van der Waals surface area contributed by atoms with Gasteiger partial charge in [-0.1, -0.05) is 12.1 Å². The van der Waals surface area contributed by atoms with Gasteiger partial charge in [0.25, 0.3) is 0 Å². The average Bonchev–Trinajstić information content (AvgIpc) is 2.23. The minimum absolute atomic E-state index is 0.0359. The highest BCUT2D eigenvalue weighted by atomic mass is 19.3. The molecule has 0 aliphatic heterocycles. The molecule has 4 nitrogen and oxygen atoms in total. The van der Waals surface area contributed by atoms with Crippen molar-refractivity contribution >= 4 is 5.97 Å². The van der Waals surface area contributed by atoms with Crippen molar-refractivity contribution in [2.24, 2.45) is 5.92 Å². The molecule has 0 heterocycles. The van der Waals surface area contributed by atoms with Gasteiger partial charge < -0.3 is 14.6 Å². The van der Waals surface area contributed by atoms with E-state index in [4.69, 9.17) is 9.84 Å². The predicted molar refractivity (Wildman–Crippen MR) is 57.8 cm³/mol. The molecule has 2 rings (SSSR count). The van der Waals surface area contributed by atoms with Crippen molar-refractivity contribution in [3.05, 3.63) is 24.3 Å². The zero-order valence-electron chi connectivity index (χ0n) is 9.38. The van der Waals surface area contributed by atoms with Gasteiger partial charge in [-0.05, 0) is 25.0 Å². The molecule has 0 radical (unpaired) electrons. The first-order chi connectivity index (χ1) is 8.56. The quantitative estimate of drug-likeness (QED) is 0.881. The molecular weight excluding hydrogens is 246 g/mol. The van der Waals surface area contributed by atoms with Crippen molar-refractivity contribution in [2.75, 3.05) is 0 Å². The van der Waals surface area contributed by atoms with Gasteiger partial charge in [-0.3, -0.25) is 4.79 Å². The number of rotatable bonds is 5. The van der Waals surface area contributed by atoms with E-state index >= 15 is 0 Å². The minimum atomic E-state index is -2.91. The van der Waals surface area contributed by atoms with E-state index < -0.39 is 18.5 Å². The van der Waals surface area contributed by atoms with Crippen LogP contribution in [0.3, 0.4) is 0 Å². The van der Waals surface area contributed by atoms with E-state index in [2.05, 4.69) is 4.74 Å². The Balaban J connectivity index is 1.96. The predicted octanol–water partition coefficient (Wildman–Crippen LogP) is 2.53. The second kappa shape index (κ2) is 5.20. The Hall–Kier alpha value is -1.85. The van der Waals surface area contributed by atoms with Crippen LogP contribution in [0, 0.1) is 5.92 Å². The van der Waals surface area contributed by atoms with Crippen LogP contribution >= 0.6 is 0 Å². The summed E-state index contributed by atoms with van der Waals surface area (Å²) in [4.78, 5) is 10.6. The molecule has 98 valence electrons. The number of carbonyl (C=O) groups is 1. The number of halogens is 2. The first-order valence-corrected chi connectivity index (χ1v) is 5.49. The average molecular weight is 258 g/mol. The standard InChI is InChI=1S/C12H12F2O4/c13-12(14)18-10-4-2-1-3-9(10)17-8-5-7(6-8)11(15)16/h1-4,7-8,12H,5-6H2,(H,15,16)/t7-,8-. The van der Waals surface area contributed by atoms with Crippen LogP contribution in [0.2, 0.25) is 0 Å². The van der Waals surface area contributed by atoms with Gasteiger partial charge in [0.05, 0.1) is 5.92 Å². The van der Waals surface area contributed by atoms with Crippen LogP contribution in [0.1, 0.15) is 12.8 Å². The van der Waals surface area contributed by atoms with E-state index in [0.29, 0.717) is 12.8 Å². The fourth-order valence-corrected chi connectivity index (χ4v) is 1.78. The van der Waals surface area contributed by atoms with E-state index in [1.54, 1.807) is 12.1 Å². The molecule has 1 fully saturated rings. The Bertz CT molecular complexity index is 430. The van der Waals surface area contributed by atoms with Gasteiger partial charge in [0.2, 0.25) is 0 Å². The summed E-state index contributed by atoms with van der Waals surface area (Å²) in [5.74, 6) is -1.08. The molecule has 0 unspecified atom stereocenters. The number of carboxylic acids is 1. The highest BCUT2D eigenvalue weighted by Crippen LogP contribution is 2.35. The number of carboxylic acid groups (broad SMARTS) is 1. The van der Waals surface area contributed by atoms with Gasteiger partial charge in [-0.25, -0.2) is 0 Å². The Morgan fingerprint density at radius 3 is 2.44 bits per heavy atom. The number of alkyl halides is 2. The third-order valence-electron chi connectivity index (χ3n) is 2.80. The molecule has 0 amide bonds. The Labute approximate surface area is 102 Å². The van der Waals surface area contributed by atoms with Crippen LogP contribution in [0.15, 0.2) is 24.3 Å². The molecule has 1 aromatic carbocycles. The summed E-state index contributed by atoms with van der Waals surface area (Å²) in [6.07, 6.45) is 0.518. The lowest BCUT2D eigenvalue weighted by molar-refractivity contribution is -0.148. The summed E-state index contributed by atoms with van der Waals surface area (Å²) in [6, 6.07) is 6.10. The molecule has 0 saturated heterocycles. The molecule has 6 heteroatoms. The summed E-state index contributed by atoms with van der Waals surface area (Å²) in [7, 11) is 0. The number of hydrogen-bond donors (Lipinski definition) is 1. The number of benzene rings is 1. The Morgan fingerprint density at radius 1 is 1.28 bits per heavy atom. The van der Waals surface area contributed by atoms with Crippen molar-refractivity contribution in [1.82, 2.24) is 0 Å². The normalized spacial score (nSPS) is 22.4. The smallest absolute Gasteiger partial charge is 0.387 e. The van der Waals surface area contributed by atoms with Crippen molar-refractivity contribution in [2.45, 2.75) is 25.6 Å². The van der Waals surface area contributed by atoms with Crippen LogP contribution in [0.4, 0.5) is 8.78 Å². The molecule has 0 spiro atoms. The molecule has 1 N–H and O–H groups in total. The highest BCUT2D eigenvalue weighted by molar-refractivity contribution is 5.71. The summed E-state index contributed by atoms with van der Waals surface area (Å²) in [6.45, 7) is -2.91. The summed E-state index contributed by atoms with van der Waals surface area (Å²) in [5.41, 5.74) is 0. The third kappa shape index (κ3) is 2.88. The summed E-state index contributed by atoms with van der Waals surface area (Å²) >= 11 is 0. The molecule has 0 aromatic heterocycles. The van der Waals surface area contributed by atoms with Gasteiger partial charge in [-0.2, -0.15) is 8.78 Å². The zero-order valence-corrected chi connectivity index (χ0v) is 9.38. The molecule has 1 saturated carbocycles. The molecule has 0 atom stereocenters. The van der Waals surface area contributed by atoms with Crippen molar-refractivity contribution in [3.8, 4) is 11.5 Å². The van der Waals surface area contributed by atoms with E-state index in [-0.39, 0.29) is 17.6 Å². The molecule has 18 heavy (non-hydrogen) atoms.